The topological polar surface area (TPSA) is 62.3 Å². The lowest BCUT2D eigenvalue weighted by Gasteiger charge is -2.33. The second-order valence-electron chi connectivity index (χ2n) is 8.23. The molecule has 2 heterocycles. The minimum Gasteiger partial charge on any atom is -0.353 e. The number of nitrogens with zero attached hydrogens (tertiary/aromatic N) is 2. The van der Waals surface area contributed by atoms with Crippen LogP contribution in [-0.4, -0.2) is 40.8 Å². The molecule has 1 aromatic heterocycles. The van der Waals surface area contributed by atoms with Crippen LogP contribution in [0.1, 0.15) is 60.3 Å². The molecule has 5 nitrogen and oxygen atoms in total. The maximum absolute atomic E-state index is 13.2. The third kappa shape index (κ3) is 4.69. The monoisotopic (exact) mass is 411 g/mol. The Labute approximate surface area is 176 Å². The summed E-state index contributed by atoms with van der Waals surface area (Å²) in [6, 6.07) is 10.3. The molecule has 4 rings (SSSR count). The highest BCUT2D eigenvalue weighted by Crippen LogP contribution is 2.30. The summed E-state index contributed by atoms with van der Waals surface area (Å²) in [7, 11) is 0. The van der Waals surface area contributed by atoms with Crippen molar-refractivity contribution in [1.82, 2.24) is 15.2 Å². The fourth-order valence-electron chi connectivity index (χ4n) is 4.38. The predicted octanol–water partition coefficient (Wildman–Crippen LogP) is 4.42. The zero-order chi connectivity index (χ0) is 20.2. The molecule has 154 valence electrons. The van der Waals surface area contributed by atoms with E-state index in [9.17, 15) is 9.59 Å². The summed E-state index contributed by atoms with van der Waals surface area (Å²) in [6.07, 6.45) is 7.59. The first kappa shape index (κ1) is 20.1. The van der Waals surface area contributed by atoms with E-state index in [-0.39, 0.29) is 17.7 Å². The van der Waals surface area contributed by atoms with Crippen molar-refractivity contribution in [3.8, 4) is 10.6 Å². The molecule has 1 aliphatic heterocycles. The van der Waals surface area contributed by atoms with Gasteiger partial charge in [0.15, 0.2) is 0 Å². The number of hydrogen-bond acceptors (Lipinski definition) is 4. The summed E-state index contributed by atoms with van der Waals surface area (Å²) >= 11 is 1.45. The second-order valence-corrected chi connectivity index (χ2v) is 9.23. The molecule has 1 atom stereocenters. The standard InChI is InChI=1S/C23H29N3O2S/c1-16-20(29-22(24-16)17-9-4-2-5-10-17)23(28)26-14-8-11-18(15-26)21(27)25-19-12-6-3-7-13-19/h2,4-5,9-10,18-19H,3,6-8,11-15H2,1H3,(H,25,27). The second kappa shape index (κ2) is 9.08. The Kier molecular flexibility index (Phi) is 6.28. The summed E-state index contributed by atoms with van der Waals surface area (Å²) in [6.45, 7) is 3.12. The van der Waals surface area contributed by atoms with Crippen molar-refractivity contribution >= 4 is 23.2 Å². The minimum atomic E-state index is -0.101. The Hall–Kier alpha value is -2.21. The van der Waals surface area contributed by atoms with Gasteiger partial charge < -0.3 is 10.2 Å². The maximum Gasteiger partial charge on any atom is 0.265 e. The SMILES string of the molecule is Cc1nc(-c2ccccc2)sc1C(=O)N1CCCC(C(=O)NC2CCCCC2)C1. The van der Waals surface area contributed by atoms with Crippen LogP contribution in [-0.2, 0) is 4.79 Å². The summed E-state index contributed by atoms with van der Waals surface area (Å²) < 4.78 is 0. The number of thiazole rings is 1. The zero-order valence-electron chi connectivity index (χ0n) is 17.0. The highest BCUT2D eigenvalue weighted by Gasteiger charge is 2.31. The van der Waals surface area contributed by atoms with Gasteiger partial charge in [-0.05, 0) is 32.6 Å². The largest absolute Gasteiger partial charge is 0.353 e. The van der Waals surface area contributed by atoms with E-state index < -0.39 is 0 Å². The summed E-state index contributed by atoms with van der Waals surface area (Å²) in [5.74, 6) is 0.0363. The van der Waals surface area contributed by atoms with E-state index in [1.807, 2.05) is 42.2 Å². The Bertz CT molecular complexity index is 858. The fraction of sp³-hybridized carbons (Fsp3) is 0.522. The van der Waals surface area contributed by atoms with Gasteiger partial charge in [0.05, 0.1) is 11.6 Å². The van der Waals surface area contributed by atoms with Crippen molar-refractivity contribution in [3.05, 3.63) is 40.9 Å². The molecule has 1 saturated heterocycles. The van der Waals surface area contributed by atoms with Crippen molar-refractivity contribution in [1.29, 1.82) is 0 Å². The molecule has 1 saturated carbocycles. The van der Waals surface area contributed by atoms with Gasteiger partial charge in [0, 0.05) is 24.7 Å². The molecule has 29 heavy (non-hydrogen) atoms. The number of carbonyl (C=O) groups excluding carboxylic acids is 2. The van der Waals surface area contributed by atoms with Crippen molar-refractivity contribution < 1.29 is 9.59 Å². The smallest absolute Gasteiger partial charge is 0.265 e. The third-order valence-corrected chi connectivity index (χ3v) is 7.24. The van der Waals surface area contributed by atoms with Crippen LogP contribution in [0.3, 0.4) is 0 Å². The van der Waals surface area contributed by atoms with Crippen LogP contribution in [0.4, 0.5) is 0 Å². The van der Waals surface area contributed by atoms with Gasteiger partial charge in [-0.15, -0.1) is 11.3 Å². The van der Waals surface area contributed by atoms with Gasteiger partial charge in [-0.25, -0.2) is 4.98 Å². The number of piperidine rings is 1. The summed E-state index contributed by atoms with van der Waals surface area (Å²) in [4.78, 5) is 33.1. The van der Waals surface area contributed by atoms with E-state index in [2.05, 4.69) is 10.3 Å². The van der Waals surface area contributed by atoms with Gasteiger partial charge in [-0.2, -0.15) is 0 Å². The molecular formula is C23H29N3O2S. The van der Waals surface area contributed by atoms with Crippen LogP contribution in [0, 0.1) is 12.8 Å². The molecule has 0 radical (unpaired) electrons. The van der Waals surface area contributed by atoms with Crippen LogP contribution in [0.5, 0.6) is 0 Å². The quantitative estimate of drug-likeness (QED) is 0.810. The normalized spacial score (nSPS) is 20.4. The number of likely N-dealkylation sites (tertiary alicyclic amines) is 1. The molecule has 1 N–H and O–H groups in total. The Morgan fingerprint density at radius 2 is 1.83 bits per heavy atom. The highest BCUT2D eigenvalue weighted by atomic mass is 32.1. The third-order valence-electron chi connectivity index (χ3n) is 6.04. The lowest BCUT2D eigenvalue weighted by Crippen LogP contribution is -2.47. The molecule has 0 bridgehead atoms. The summed E-state index contributed by atoms with van der Waals surface area (Å²) in [5.41, 5.74) is 1.80. The van der Waals surface area contributed by atoms with Crippen LogP contribution in [0.15, 0.2) is 30.3 Å². The average molecular weight is 412 g/mol. The molecule has 2 amide bonds. The van der Waals surface area contributed by atoms with E-state index in [1.54, 1.807) is 0 Å². The summed E-state index contributed by atoms with van der Waals surface area (Å²) in [5, 5.41) is 4.11. The van der Waals surface area contributed by atoms with Crippen molar-refractivity contribution in [3.63, 3.8) is 0 Å². The first-order valence-electron chi connectivity index (χ1n) is 10.7. The molecule has 1 aromatic carbocycles. The first-order valence-corrected chi connectivity index (χ1v) is 11.6. The van der Waals surface area contributed by atoms with Crippen LogP contribution in [0.2, 0.25) is 0 Å². The number of benzene rings is 1. The average Bonchev–Trinajstić information content (AvgIpc) is 3.16. The molecular weight excluding hydrogens is 382 g/mol. The van der Waals surface area contributed by atoms with Crippen LogP contribution < -0.4 is 5.32 Å². The molecule has 0 spiro atoms. The molecule has 2 aliphatic rings. The van der Waals surface area contributed by atoms with Crippen LogP contribution >= 0.6 is 11.3 Å². The van der Waals surface area contributed by atoms with Gasteiger partial charge >= 0.3 is 0 Å². The molecule has 1 unspecified atom stereocenters. The number of amides is 2. The van der Waals surface area contributed by atoms with Gasteiger partial charge in [0.2, 0.25) is 5.91 Å². The minimum absolute atomic E-state index is 0.0114. The highest BCUT2D eigenvalue weighted by molar-refractivity contribution is 7.17. The van der Waals surface area contributed by atoms with Crippen molar-refractivity contribution in [2.24, 2.45) is 5.92 Å². The lowest BCUT2D eigenvalue weighted by molar-refractivity contribution is -0.127. The van der Waals surface area contributed by atoms with E-state index in [0.29, 0.717) is 24.0 Å². The number of hydrogen-bond donors (Lipinski definition) is 1. The predicted molar refractivity (Wildman–Crippen MR) is 116 cm³/mol. The molecule has 1 aliphatic carbocycles. The maximum atomic E-state index is 13.2. The number of nitrogens with one attached hydrogen (secondary N) is 1. The number of rotatable bonds is 4. The van der Waals surface area contributed by atoms with Gasteiger partial charge in [0.25, 0.3) is 5.91 Å². The Balaban J connectivity index is 1.42. The lowest BCUT2D eigenvalue weighted by atomic mass is 9.93. The fourth-order valence-corrected chi connectivity index (χ4v) is 5.42. The van der Waals surface area contributed by atoms with Gasteiger partial charge in [-0.3, -0.25) is 9.59 Å². The van der Waals surface area contributed by atoms with Crippen molar-refractivity contribution in [2.75, 3.05) is 13.1 Å². The Morgan fingerprint density at radius 1 is 1.07 bits per heavy atom. The molecule has 2 fully saturated rings. The number of aromatic nitrogens is 1. The van der Waals surface area contributed by atoms with E-state index >= 15 is 0 Å². The molecule has 2 aromatic rings. The van der Waals surface area contributed by atoms with Gasteiger partial charge in [0.1, 0.15) is 9.88 Å². The number of carbonyl (C=O) groups is 2. The molecule has 6 heteroatoms. The van der Waals surface area contributed by atoms with Crippen molar-refractivity contribution in [2.45, 2.75) is 57.9 Å². The first-order chi connectivity index (χ1) is 14.1. The van der Waals surface area contributed by atoms with E-state index in [4.69, 9.17) is 0 Å². The van der Waals surface area contributed by atoms with E-state index in [0.717, 1.165) is 41.9 Å². The van der Waals surface area contributed by atoms with E-state index in [1.165, 1.54) is 30.6 Å². The zero-order valence-corrected chi connectivity index (χ0v) is 17.8. The van der Waals surface area contributed by atoms with Gasteiger partial charge in [-0.1, -0.05) is 49.6 Å². The van der Waals surface area contributed by atoms with Crippen LogP contribution in [0.25, 0.3) is 10.6 Å². The number of aryl methyl sites for hydroxylation is 1. The Morgan fingerprint density at radius 3 is 2.59 bits per heavy atom.